The van der Waals surface area contributed by atoms with Crippen LogP contribution in [0, 0.1) is 5.82 Å². The summed E-state index contributed by atoms with van der Waals surface area (Å²) in [6, 6.07) is 6.84. The molecule has 1 fully saturated rings. The first-order valence-corrected chi connectivity index (χ1v) is 12.8. The molecule has 2 aromatic rings. The Kier molecular flexibility index (Phi) is 10.5. The van der Waals surface area contributed by atoms with Crippen molar-refractivity contribution in [2.45, 2.75) is 88.3 Å². The Morgan fingerprint density at radius 2 is 2.12 bits per heavy atom. The van der Waals surface area contributed by atoms with Gasteiger partial charge in [-0.3, -0.25) is 4.79 Å². The maximum Gasteiger partial charge on any atom is 0.219 e. The number of hydrogen-bond donors (Lipinski definition) is 1. The second kappa shape index (κ2) is 13.6. The molecule has 1 aliphatic rings. The van der Waals surface area contributed by atoms with E-state index in [-0.39, 0.29) is 17.8 Å². The first-order valence-electron chi connectivity index (χ1n) is 11.8. The summed E-state index contributed by atoms with van der Waals surface area (Å²) in [6.45, 7) is 4.45. The first-order chi connectivity index (χ1) is 15.7. The van der Waals surface area contributed by atoms with Crippen LogP contribution in [0.3, 0.4) is 0 Å². The summed E-state index contributed by atoms with van der Waals surface area (Å²) in [5, 5.41) is 12.6. The molecule has 0 saturated carbocycles. The zero-order valence-electron chi connectivity index (χ0n) is 19.0. The Morgan fingerprint density at radius 1 is 1.25 bits per heavy atom. The van der Waals surface area contributed by atoms with Gasteiger partial charge in [-0.15, -0.1) is 10.2 Å². The fourth-order valence-corrected chi connectivity index (χ4v) is 4.76. The number of amides is 1. The molecule has 6 nitrogen and oxygen atoms in total. The molecule has 0 radical (unpaired) electrons. The maximum atomic E-state index is 14.0. The first kappa shape index (κ1) is 24.7. The van der Waals surface area contributed by atoms with Crippen LogP contribution in [0.1, 0.15) is 69.7 Å². The maximum absolute atomic E-state index is 14.0. The molecule has 1 unspecified atom stereocenters. The number of rotatable bonds is 14. The molecule has 1 N–H and O–H groups in total. The third kappa shape index (κ3) is 7.89. The van der Waals surface area contributed by atoms with E-state index in [0.717, 1.165) is 82.0 Å². The van der Waals surface area contributed by atoms with Crippen LogP contribution in [0.2, 0.25) is 0 Å². The van der Waals surface area contributed by atoms with Crippen molar-refractivity contribution in [2.24, 2.45) is 0 Å². The van der Waals surface area contributed by atoms with Crippen molar-refractivity contribution >= 4 is 17.7 Å². The van der Waals surface area contributed by atoms with Gasteiger partial charge in [0.15, 0.2) is 5.16 Å². The van der Waals surface area contributed by atoms with Crippen LogP contribution in [-0.2, 0) is 28.2 Å². The van der Waals surface area contributed by atoms with Crippen LogP contribution in [0.15, 0.2) is 29.4 Å². The molecule has 1 aliphatic heterocycles. The van der Waals surface area contributed by atoms with Crippen molar-refractivity contribution in [3.05, 3.63) is 41.5 Å². The summed E-state index contributed by atoms with van der Waals surface area (Å²) >= 11 is 1.51. The van der Waals surface area contributed by atoms with E-state index >= 15 is 0 Å². The highest BCUT2D eigenvalue weighted by atomic mass is 32.2. The lowest BCUT2D eigenvalue weighted by Crippen LogP contribution is -2.24. The average Bonchev–Trinajstić information content (AvgIpc) is 3.44. The average molecular weight is 463 g/mol. The third-order valence-electron chi connectivity index (χ3n) is 5.67. The smallest absolute Gasteiger partial charge is 0.219 e. The number of aromatic nitrogens is 3. The number of unbranched alkanes of at least 4 members (excludes halogenated alkanes) is 3. The van der Waals surface area contributed by atoms with E-state index in [0.29, 0.717) is 17.7 Å². The number of ether oxygens (including phenoxy) is 1. The van der Waals surface area contributed by atoms with Gasteiger partial charge in [0, 0.05) is 31.7 Å². The minimum absolute atomic E-state index is 0.128. The Bertz CT molecular complexity index is 839. The van der Waals surface area contributed by atoms with Crippen molar-refractivity contribution < 1.29 is 13.9 Å². The third-order valence-corrected chi connectivity index (χ3v) is 6.69. The summed E-state index contributed by atoms with van der Waals surface area (Å²) in [7, 11) is 0. The summed E-state index contributed by atoms with van der Waals surface area (Å²) in [5.41, 5.74) is 0.663. The number of thioether (sulfide) groups is 1. The van der Waals surface area contributed by atoms with Crippen LogP contribution < -0.4 is 5.32 Å². The number of halogens is 1. The van der Waals surface area contributed by atoms with Gasteiger partial charge in [0.25, 0.3) is 0 Å². The molecule has 3 rings (SSSR count). The second-order valence-electron chi connectivity index (χ2n) is 8.29. The molecule has 1 amide bonds. The molecule has 1 saturated heterocycles. The van der Waals surface area contributed by atoms with Gasteiger partial charge in [-0.1, -0.05) is 49.7 Å². The zero-order valence-corrected chi connectivity index (χ0v) is 19.8. The van der Waals surface area contributed by atoms with E-state index in [1.165, 1.54) is 17.8 Å². The molecular weight excluding hydrogens is 427 g/mol. The summed E-state index contributed by atoms with van der Waals surface area (Å²) in [6.07, 6.45) is 8.65. The molecule has 0 aliphatic carbocycles. The number of carbonyl (C=O) groups is 1. The van der Waals surface area contributed by atoms with Crippen LogP contribution in [-0.4, -0.2) is 39.9 Å². The van der Waals surface area contributed by atoms with Crippen LogP contribution in [0.25, 0.3) is 0 Å². The summed E-state index contributed by atoms with van der Waals surface area (Å²) in [5.74, 6) is 1.36. The lowest BCUT2D eigenvalue weighted by atomic mass is 10.1. The van der Waals surface area contributed by atoms with Crippen LogP contribution in [0.4, 0.5) is 4.39 Å². The van der Waals surface area contributed by atoms with E-state index in [1.807, 2.05) is 6.07 Å². The minimum atomic E-state index is -0.196. The van der Waals surface area contributed by atoms with E-state index in [4.69, 9.17) is 4.74 Å². The molecule has 1 aromatic carbocycles. The van der Waals surface area contributed by atoms with Gasteiger partial charge in [0.05, 0.1) is 12.6 Å². The number of nitrogens with zero attached hydrogens (tertiary/aromatic N) is 3. The van der Waals surface area contributed by atoms with E-state index in [1.54, 1.807) is 12.1 Å². The van der Waals surface area contributed by atoms with Crippen molar-refractivity contribution in [2.75, 3.05) is 13.2 Å². The second-order valence-corrected chi connectivity index (χ2v) is 9.23. The monoisotopic (exact) mass is 462 g/mol. The highest BCUT2D eigenvalue weighted by Crippen LogP contribution is 2.26. The quantitative estimate of drug-likeness (QED) is 0.319. The highest BCUT2D eigenvalue weighted by Gasteiger charge is 2.21. The van der Waals surface area contributed by atoms with Crippen LogP contribution in [0.5, 0.6) is 0 Å². The van der Waals surface area contributed by atoms with E-state index in [2.05, 4.69) is 27.0 Å². The Balaban J connectivity index is 1.52. The zero-order chi connectivity index (χ0) is 22.6. The number of benzene rings is 1. The Hall–Kier alpha value is -1.93. The van der Waals surface area contributed by atoms with Gasteiger partial charge in [0.1, 0.15) is 11.6 Å². The van der Waals surface area contributed by atoms with Crippen molar-refractivity contribution in [1.29, 1.82) is 0 Å². The predicted octanol–water partition coefficient (Wildman–Crippen LogP) is 4.91. The standard InChI is InChI=1S/C24H35FN4O2S/c1-2-3-8-15-26-23(30)14-7-6-13-22-27-28-24(29(22)17-20-11-9-16-31-20)32-18-19-10-4-5-12-21(19)25/h4-5,10,12,20H,2-3,6-9,11,13-18H2,1H3,(H,26,30). The van der Waals surface area contributed by atoms with E-state index < -0.39 is 0 Å². The number of nitrogens with one attached hydrogen (secondary N) is 1. The van der Waals surface area contributed by atoms with Gasteiger partial charge in [0.2, 0.25) is 5.91 Å². The number of aryl methyl sites for hydroxylation is 1. The van der Waals surface area contributed by atoms with Gasteiger partial charge in [-0.25, -0.2) is 4.39 Å². The molecule has 8 heteroatoms. The largest absolute Gasteiger partial charge is 0.376 e. The molecule has 32 heavy (non-hydrogen) atoms. The minimum Gasteiger partial charge on any atom is -0.376 e. The van der Waals surface area contributed by atoms with Gasteiger partial charge in [-0.2, -0.15) is 0 Å². The molecule has 0 spiro atoms. The molecule has 1 aromatic heterocycles. The van der Waals surface area contributed by atoms with E-state index in [9.17, 15) is 9.18 Å². The fourth-order valence-electron chi connectivity index (χ4n) is 3.80. The van der Waals surface area contributed by atoms with Gasteiger partial charge in [-0.05, 0) is 43.7 Å². The summed E-state index contributed by atoms with van der Waals surface area (Å²) in [4.78, 5) is 12.0. The SMILES string of the molecule is CCCCCNC(=O)CCCCc1nnc(SCc2ccccc2F)n1CC1CCCO1. The lowest BCUT2D eigenvalue weighted by molar-refractivity contribution is -0.121. The molecular formula is C24H35FN4O2S. The number of carbonyl (C=O) groups excluding carboxylic acids is 1. The van der Waals surface area contributed by atoms with Crippen LogP contribution >= 0.6 is 11.8 Å². The number of hydrogen-bond acceptors (Lipinski definition) is 5. The molecule has 0 bridgehead atoms. The molecule has 176 valence electrons. The topological polar surface area (TPSA) is 69.0 Å². The highest BCUT2D eigenvalue weighted by molar-refractivity contribution is 7.98. The lowest BCUT2D eigenvalue weighted by Gasteiger charge is -2.15. The molecule has 2 heterocycles. The molecule has 1 atom stereocenters. The normalized spacial score (nSPS) is 15.9. The Labute approximate surface area is 194 Å². The van der Waals surface area contributed by atoms with Gasteiger partial charge >= 0.3 is 0 Å². The Morgan fingerprint density at radius 3 is 2.91 bits per heavy atom. The predicted molar refractivity (Wildman–Crippen MR) is 125 cm³/mol. The summed E-state index contributed by atoms with van der Waals surface area (Å²) < 4.78 is 22.0. The van der Waals surface area contributed by atoms with Gasteiger partial charge < -0.3 is 14.6 Å². The van der Waals surface area contributed by atoms with Crippen molar-refractivity contribution in [3.63, 3.8) is 0 Å². The van der Waals surface area contributed by atoms with Crippen molar-refractivity contribution in [1.82, 2.24) is 20.1 Å². The van der Waals surface area contributed by atoms with Crippen molar-refractivity contribution in [3.8, 4) is 0 Å². The fraction of sp³-hybridized carbons (Fsp3) is 0.625.